The Morgan fingerprint density at radius 1 is 1.62 bits per heavy atom. The van der Waals surface area contributed by atoms with Crippen molar-refractivity contribution in [2.45, 2.75) is 13.0 Å². The van der Waals surface area contributed by atoms with Gasteiger partial charge in [-0.2, -0.15) is 0 Å². The highest BCUT2D eigenvalue weighted by Crippen LogP contribution is 2.27. The van der Waals surface area contributed by atoms with E-state index in [1.807, 2.05) is 22.6 Å². The number of nitrogens with two attached hydrogens (primary N) is 1. The van der Waals surface area contributed by atoms with Crippen molar-refractivity contribution in [1.29, 1.82) is 0 Å². The molecule has 0 fully saturated rings. The molecule has 0 atom stereocenters. The van der Waals surface area contributed by atoms with Gasteiger partial charge in [0.25, 0.3) is 6.43 Å². The summed E-state index contributed by atoms with van der Waals surface area (Å²) < 4.78 is 25.6. The summed E-state index contributed by atoms with van der Waals surface area (Å²) in [5.41, 5.74) is 5.86. The lowest BCUT2D eigenvalue weighted by Gasteiger charge is -2.07. The highest BCUT2D eigenvalue weighted by Gasteiger charge is 2.16. The van der Waals surface area contributed by atoms with Crippen LogP contribution in [0.5, 0.6) is 0 Å². The predicted octanol–water partition coefficient (Wildman–Crippen LogP) is 2.85. The molecule has 0 aliphatic rings. The summed E-state index contributed by atoms with van der Waals surface area (Å²) in [5, 5.41) is 0. The molecule has 6 heteroatoms. The molecule has 0 aliphatic carbocycles. The van der Waals surface area contributed by atoms with E-state index < -0.39 is 6.43 Å². The monoisotopic (exact) mass is 362 g/mol. The summed E-state index contributed by atoms with van der Waals surface area (Å²) in [6.07, 6.45) is -2.56. The number of pyridine rings is 1. The van der Waals surface area contributed by atoms with Crippen LogP contribution in [-0.4, -0.2) is 4.98 Å². The first-order chi connectivity index (χ1) is 6.06. The van der Waals surface area contributed by atoms with Gasteiger partial charge < -0.3 is 5.73 Å². The second-order valence-electron chi connectivity index (χ2n) is 2.31. The Morgan fingerprint density at radius 2 is 2.23 bits per heavy atom. The number of halogens is 4. The van der Waals surface area contributed by atoms with Crippen LogP contribution < -0.4 is 5.73 Å². The lowest BCUT2D eigenvalue weighted by molar-refractivity contribution is 0.144. The second kappa shape index (κ2) is 4.61. The second-order valence-corrected chi connectivity index (χ2v) is 4.20. The van der Waals surface area contributed by atoms with E-state index in [2.05, 4.69) is 20.9 Å². The zero-order chi connectivity index (χ0) is 10.0. The van der Waals surface area contributed by atoms with Crippen molar-refractivity contribution in [1.82, 2.24) is 4.98 Å². The Labute approximate surface area is 96.2 Å². The Kier molecular flexibility index (Phi) is 3.99. The molecule has 2 nitrogen and oxygen atoms in total. The molecule has 0 amide bonds. The van der Waals surface area contributed by atoms with Crippen molar-refractivity contribution in [3.63, 3.8) is 0 Å². The number of hydrogen-bond donors (Lipinski definition) is 1. The number of nitrogens with zero attached hydrogens (tertiary/aromatic N) is 1. The molecule has 2 N–H and O–H groups in total. The molecule has 1 heterocycles. The fourth-order valence-electron chi connectivity index (χ4n) is 0.861. The molecule has 1 aromatic rings. The van der Waals surface area contributed by atoms with E-state index in [4.69, 9.17) is 5.73 Å². The number of hydrogen-bond acceptors (Lipinski definition) is 2. The van der Waals surface area contributed by atoms with Gasteiger partial charge >= 0.3 is 0 Å². The molecule has 0 saturated heterocycles. The van der Waals surface area contributed by atoms with Crippen LogP contribution in [0.2, 0.25) is 0 Å². The quantitative estimate of drug-likeness (QED) is 0.649. The number of alkyl halides is 2. The van der Waals surface area contributed by atoms with Gasteiger partial charge in [0.1, 0.15) is 10.3 Å². The number of aromatic nitrogens is 1. The fraction of sp³-hybridized carbons (Fsp3) is 0.286. The van der Waals surface area contributed by atoms with Gasteiger partial charge in [-0.3, -0.25) is 0 Å². The van der Waals surface area contributed by atoms with Gasteiger partial charge in [-0.25, -0.2) is 13.8 Å². The van der Waals surface area contributed by atoms with Gasteiger partial charge in [-0.1, -0.05) is 0 Å². The fourth-order valence-corrected chi connectivity index (χ4v) is 2.06. The summed E-state index contributed by atoms with van der Waals surface area (Å²) in [6.45, 7) is 0.235. The van der Waals surface area contributed by atoms with Gasteiger partial charge in [0.2, 0.25) is 0 Å². The summed E-state index contributed by atoms with van der Waals surface area (Å²) >= 11 is 4.88. The maximum Gasteiger partial charge on any atom is 0.281 e. The molecule has 1 rings (SSSR count). The van der Waals surface area contributed by atoms with E-state index in [1.165, 1.54) is 0 Å². The van der Waals surface area contributed by atoms with Gasteiger partial charge in [0.05, 0.1) is 0 Å². The SMILES string of the molecule is NCc1cc(Br)nc(C(F)F)c1I. The summed E-state index contributed by atoms with van der Waals surface area (Å²) in [5.74, 6) is 0. The van der Waals surface area contributed by atoms with Crippen LogP contribution in [-0.2, 0) is 6.54 Å². The Balaban J connectivity index is 3.27. The van der Waals surface area contributed by atoms with Gasteiger partial charge in [-0.05, 0) is 50.2 Å². The average Bonchev–Trinajstić information content (AvgIpc) is 2.08. The van der Waals surface area contributed by atoms with E-state index in [-0.39, 0.29) is 12.2 Å². The van der Waals surface area contributed by atoms with Crippen molar-refractivity contribution in [2.75, 3.05) is 0 Å². The lowest BCUT2D eigenvalue weighted by atomic mass is 10.2. The molecule has 0 unspecified atom stereocenters. The third-order valence-electron chi connectivity index (χ3n) is 1.45. The van der Waals surface area contributed by atoms with Crippen LogP contribution in [0.3, 0.4) is 0 Å². The van der Waals surface area contributed by atoms with E-state index >= 15 is 0 Å². The Hall–Kier alpha value is 0.180. The average molecular weight is 363 g/mol. The largest absolute Gasteiger partial charge is 0.326 e. The van der Waals surface area contributed by atoms with Gasteiger partial charge in [0.15, 0.2) is 0 Å². The van der Waals surface area contributed by atoms with Crippen molar-refractivity contribution in [3.8, 4) is 0 Å². The minimum Gasteiger partial charge on any atom is -0.326 e. The molecule has 0 spiro atoms. The van der Waals surface area contributed by atoms with Gasteiger partial charge in [0, 0.05) is 10.1 Å². The van der Waals surface area contributed by atoms with Crippen LogP contribution in [0.15, 0.2) is 10.7 Å². The zero-order valence-electron chi connectivity index (χ0n) is 6.40. The molecular formula is C7H6BrF2IN2. The molecule has 72 valence electrons. The first-order valence-electron chi connectivity index (χ1n) is 3.39. The van der Waals surface area contributed by atoms with E-state index in [0.717, 1.165) is 0 Å². The Bertz CT molecular complexity index is 320. The standard InChI is InChI=1S/C7H6BrF2IN2/c8-4-1-3(2-12)5(11)6(13-4)7(9)10/h1,7H,2,12H2. The molecule has 0 bridgehead atoms. The molecule has 0 aromatic carbocycles. The smallest absolute Gasteiger partial charge is 0.281 e. The molecule has 13 heavy (non-hydrogen) atoms. The van der Waals surface area contributed by atoms with Crippen LogP contribution in [0, 0.1) is 3.57 Å². The van der Waals surface area contributed by atoms with Crippen LogP contribution in [0.1, 0.15) is 17.7 Å². The maximum atomic E-state index is 12.4. The van der Waals surface area contributed by atoms with Crippen molar-refractivity contribution < 1.29 is 8.78 Å². The lowest BCUT2D eigenvalue weighted by Crippen LogP contribution is -2.05. The van der Waals surface area contributed by atoms with Crippen molar-refractivity contribution in [3.05, 3.63) is 25.5 Å². The molecule has 0 saturated carbocycles. The van der Waals surface area contributed by atoms with Crippen LogP contribution in [0.25, 0.3) is 0 Å². The first-order valence-corrected chi connectivity index (χ1v) is 5.26. The highest BCUT2D eigenvalue weighted by atomic mass is 127. The maximum absolute atomic E-state index is 12.4. The first kappa shape index (κ1) is 11.3. The normalized spacial score (nSPS) is 10.9. The summed E-state index contributed by atoms with van der Waals surface area (Å²) in [4.78, 5) is 3.68. The molecule has 0 radical (unpaired) electrons. The summed E-state index contributed by atoms with van der Waals surface area (Å²) in [6, 6.07) is 1.65. The van der Waals surface area contributed by atoms with E-state index in [9.17, 15) is 8.78 Å². The van der Waals surface area contributed by atoms with Crippen LogP contribution in [0.4, 0.5) is 8.78 Å². The van der Waals surface area contributed by atoms with Crippen molar-refractivity contribution in [2.24, 2.45) is 5.73 Å². The minimum absolute atomic E-state index is 0.213. The van der Waals surface area contributed by atoms with Gasteiger partial charge in [-0.15, -0.1) is 0 Å². The highest BCUT2D eigenvalue weighted by molar-refractivity contribution is 14.1. The topological polar surface area (TPSA) is 38.9 Å². The Morgan fingerprint density at radius 3 is 2.69 bits per heavy atom. The molecular weight excluding hydrogens is 357 g/mol. The molecule has 1 aromatic heterocycles. The third-order valence-corrected chi connectivity index (χ3v) is 3.11. The third kappa shape index (κ3) is 2.57. The predicted molar refractivity (Wildman–Crippen MR) is 57.5 cm³/mol. The van der Waals surface area contributed by atoms with Crippen LogP contribution >= 0.6 is 38.5 Å². The number of rotatable bonds is 2. The minimum atomic E-state index is -2.56. The molecule has 0 aliphatic heterocycles. The van der Waals surface area contributed by atoms with E-state index in [0.29, 0.717) is 13.7 Å². The summed E-state index contributed by atoms with van der Waals surface area (Å²) in [7, 11) is 0. The van der Waals surface area contributed by atoms with Crippen molar-refractivity contribution >= 4 is 38.5 Å². The zero-order valence-corrected chi connectivity index (χ0v) is 10.1. The van der Waals surface area contributed by atoms with E-state index in [1.54, 1.807) is 6.07 Å².